The van der Waals surface area contributed by atoms with E-state index in [0.29, 0.717) is 11.1 Å². The number of unbranched alkanes of at least 4 members (excludes halogenated alkanes) is 3. The van der Waals surface area contributed by atoms with E-state index in [2.05, 4.69) is 196 Å². The molecule has 4 heteroatoms. The molecule has 0 aromatic heterocycles. The molecular weight excluding hydrogens is 777 g/mol. The maximum absolute atomic E-state index is 11.3. The van der Waals surface area contributed by atoms with E-state index in [9.17, 15) is 10.5 Å². The molecule has 7 aromatic carbocycles. The van der Waals surface area contributed by atoms with Crippen LogP contribution in [0.4, 0.5) is 34.1 Å². The zero-order valence-electron chi connectivity index (χ0n) is 38.0. The molecular formula is C60H56N4. The van der Waals surface area contributed by atoms with Crippen LogP contribution in [0, 0.1) is 43.4 Å². The summed E-state index contributed by atoms with van der Waals surface area (Å²) in [6.45, 7) is 12.9. The van der Waals surface area contributed by atoms with Crippen LogP contribution in [0.15, 0.2) is 163 Å². The lowest BCUT2D eigenvalue weighted by molar-refractivity contribution is 0.487. The lowest BCUT2D eigenvalue weighted by Gasteiger charge is -2.32. The molecule has 316 valence electrons. The highest BCUT2D eigenvalue weighted by Crippen LogP contribution is 2.53. The van der Waals surface area contributed by atoms with Gasteiger partial charge < -0.3 is 9.80 Å². The van der Waals surface area contributed by atoms with Crippen molar-refractivity contribution >= 4 is 51.8 Å². The number of anilines is 6. The second-order valence-electron chi connectivity index (χ2n) is 17.5. The van der Waals surface area contributed by atoms with Crippen LogP contribution in [0.2, 0.25) is 0 Å². The number of rotatable bonds is 14. The summed E-state index contributed by atoms with van der Waals surface area (Å²) in [6.07, 6.45) is 9.97. The molecule has 0 N–H and O–H groups in total. The van der Waals surface area contributed by atoms with Gasteiger partial charge in [-0.2, -0.15) is 10.5 Å². The van der Waals surface area contributed by atoms with Gasteiger partial charge in [0.2, 0.25) is 0 Å². The summed E-state index contributed by atoms with van der Waals surface area (Å²) < 4.78 is 0. The Kier molecular flexibility index (Phi) is 12.8. The molecule has 0 radical (unpaired) electrons. The third-order valence-electron chi connectivity index (χ3n) is 12.8. The number of benzene rings is 7. The number of nitrogens with zero attached hydrogens (tertiary/aromatic N) is 4. The Morgan fingerprint density at radius 2 is 1.06 bits per heavy atom. The Labute approximate surface area is 380 Å². The quantitative estimate of drug-likeness (QED) is 0.0622. The summed E-state index contributed by atoms with van der Waals surface area (Å²) >= 11 is 0. The van der Waals surface area contributed by atoms with Crippen molar-refractivity contribution in [2.24, 2.45) is 0 Å². The molecule has 4 nitrogen and oxygen atoms in total. The second-order valence-corrected chi connectivity index (χ2v) is 17.5. The first-order valence-corrected chi connectivity index (χ1v) is 22.6. The lowest BCUT2D eigenvalue weighted by Crippen LogP contribution is -2.20. The van der Waals surface area contributed by atoms with Gasteiger partial charge in [-0.1, -0.05) is 147 Å². The third-order valence-corrected chi connectivity index (χ3v) is 12.8. The Bertz CT molecular complexity index is 2930. The van der Waals surface area contributed by atoms with Gasteiger partial charge in [0, 0.05) is 44.9 Å². The molecule has 0 amide bonds. The van der Waals surface area contributed by atoms with Crippen LogP contribution in [-0.4, -0.2) is 0 Å². The van der Waals surface area contributed by atoms with Crippen LogP contribution in [0.1, 0.15) is 97.4 Å². The lowest BCUT2D eigenvalue weighted by atomic mass is 9.75. The Morgan fingerprint density at radius 3 is 1.59 bits per heavy atom. The molecule has 7 aromatic rings. The average molecular weight is 833 g/mol. The maximum atomic E-state index is 11.3. The first-order valence-electron chi connectivity index (χ1n) is 22.6. The minimum absolute atomic E-state index is 0.104. The van der Waals surface area contributed by atoms with Gasteiger partial charge in [0.15, 0.2) is 0 Å². The van der Waals surface area contributed by atoms with Crippen molar-refractivity contribution in [2.75, 3.05) is 9.80 Å². The van der Waals surface area contributed by atoms with E-state index in [4.69, 9.17) is 0 Å². The smallest absolute Gasteiger partial charge is 0.0998 e. The van der Waals surface area contributed by atoms with E-state index in [1.165, 1.54) is 53.5 Å². The molecule has 1 atom stereocenters. The topological polar surface area (TPSA) is 54.1 Å². The average Bonchev–Trinajstić information content (AvgIpc) is 3.55. The van der Waals surface area contributed by atoms with Gasteiger partial charge in [-0.3, -0.25) is 0 Å². The summed E-state index contributed by atoms with van der Waals surface area (Å²) in [6, 6.07) is 60.8. The Morgan fingerprint density at radius 1 is 0.531 bits per heavy atom. The molecule has 8 rings (SSSR count). The molecule has 0 saturated heterocycles. The summed E-state index contributed by atoms with van der Waals surface area (Å²) in [5, 5.41) is 21.5. The van der Waals surface area contributed by atoms with Crippen LogP contribution >= 0.6 is 0 Å². The van der Waals surface area contributed by atoms with Gasteiger partial charge in [0.25, 0.3) is 0 Å². The van der Waals surface area contributed by atoms with Gasteiger partial charge in [0.1, 0.15) is 0 Å². The molecule has 0 fully saturated rings. The van der Waals surface area contributed by atoms with E-state index in [1.807, 2.05) is 37.3 Å². The summed E-state index contributed by atoms with van der Waals surface area (Å²) in [7, 11) is 0. The van der Waals surface area contributed by atoms with E-state index >= 15 is 0 Å². The van der Waals surface area contributed by atoms with Gasteiger partial charge in [0.05, 0.1) is 29.1 Å². The van der Waals surface area contributed by atoms with Crippen molar-refractivity contribution in [2.45, 2.75) is 79.1 Å². The van der Waals surface area contributed by atoms with Gasteiger partial charge in [-0.05, 0) is 141 Å². The highest BCUT2D eigenvalue weighted by atomic mass is 15.2. The molecule has 0 saturated carbocycles. The molecule has 0 heterocycles. The minimum Gasteiger partial charge on any atom is -0.310 e. The van der Waals surface area contributed by atoms with Crippen LogP contribution < -0.4 is 9.80 Å². The van der Waals surface area contributed by atoms with E-state index in [0.717, 1.165) is 68.4 Å². The van der Waals surface area contributed by atoms with Crippen LogP contribution in [0.3, 0.4) is 0 Å². The fourth-order valence-corrected chi connectivity index (χ4v) is 9.31. The van der Waals surface area contributed by atoms with Crippen molar-refractivity contribution in [3.05, 3.63) is 208 Å². The normalized spacial score (nSPS) is 14.3. The molecule has 1 aliphatic carbocycles. The van der Waals surface area contributed by atoms with E-state index in [1.54, 1.807) is 0 Å². The van der Waals surface area contributed by atoms with E-state index in [-0.39, 0.29) is 5.41 Å². The standard InChI is InChI=1S/C60H56N4/c1-7-8-9-16-33-60(6)56-32-26-46(37-55(56)54-31-25-44(4)35-57(54)60)49(41-62)36-48-39-58(63(50-17-12-10-13-18-50)52-27-21-42(2)22-28-52)47(34-45(5)40-61)38-59(48)64(51-19-14-11-15-20-51)53-29-23-43(3)24-30-53/h10-15,17-32,34-39H,7-9,16,33H2,1-6H3/b45-34-,49-36+. The zero-order valence-corrected chi connectivity index (χ0v) is 38.0. The SMILES string of the molecule is CCCCCCC1(C)c2ccc(/C(C#N)=C/c3cc(N(c4ccccc4)c4ccc(C)cc4)c(/C=C(/C)C#N)cc3N(c3ccccc3)c3ccc(C)cc3)cc2-c2ccc(C)cc21. The molecule has 1 unspecified atom stereocenters. The monoisotopic (exact) mass is 832 g/mol. The Balaban J connectivity index is 1.40. The summed E-state index contributed by atoms with van der Waals surface area (Å²) in [5.74, 6) is 0. The predicted molar refractivity (Wildman–Crippen MR) is 270 cm³/mol. The third kappa shape index (κ3) is 8.79. The van der Waals surface area contributed by atoms with E-state index < -0.39 is 0 Å². The van der Waals surface area contributed by atoms with Crippen LogP contribution in [0.5, 0.6) is 0 Å². The first kappa shape index (κ1) is 43.3. The maximum Gasteiger partial charge on any atom is 0.0998 e. The van der Waals surface area contributed by atoms with Gasteiger partial charge >= 0.3 is 0 Å². The second kappa shape index (κ2) is 18.9. The van der Waals surface area contributed by atoms with Gasteiger partial charge in [-0.25, -0.2) is 0 Å². The fourth-order valence-electron chi connectivity index (χ4n) is 9.31. The molecule has 0 aliphatic heterocycles. The number of hydrogen-bond donors (Lipinski definition) is 0. The number of allylic oxidation sites excluding steroid dienone is 2. The van der Waals surface area contributed by atoms with Crippen molar-refractivity contribution in [1.82, 2.24) is 0 Å². The molecule has 0 bridgehead atoms. The highest BCUT2D eigenvalue weighted by molar-refractivity contribution is 5.99. The molecule has 0 spiro atoms. The number of nitriles is 2. The van der Waals surface area contributed by atoms with Crippen LogP contribution in [-0.2, 0) is 5.41 Å². The fraction of sp³-hybridized carbons (Fsp3) is 0.200. The summed E-state index contributed by atoms with van der Waals surface area (Å²) in [4.78, 5) is 4.50. The zero-order chi connectivity index (χ0) is 44.8. The largest absolute Gasteiger partial charge is 0.310 e. The Hall–Kier alpha value is -7.40. The predicted octanol–water partition coefficient (Wildman–Crippen LogP) is 16.8. The molecule has 1 aliphatic rings. The number of hydrogen-bond acceptors (Lipinski definition) is 4. The van der Waals surface area contributed by atoms with Crippen molar-refractivity contribution in [3.63, 3.8) is 0 Å². The van der Waals surface area contributed by atoms with Gasteiger partial charge in [-0.15, -0.1) is 0 Å². The number of aryl methyl sites for hydroxylation is 3. The number of para-hydroxylation sites is 2. The van der Waals surface area contributed by atoms with Crippen molar-refractivity contribution in [3.8, 4) is 23.3 Å². The number of fused-ring (bicyclic) bond motifs is 3. The first-order chi connectivity index (χ1) is 31.1. The van der Waals surface area contributed by atoms with Crippen molar-refractivity contribution in [1.29, 1.82) is 10.5 Å². The van der Waals surface area contributed by atoms with Crippen LogP contribution in [0.25, 0.3) is 28.9 Å². The minimum atomic E-state index is -0.104. The molecule has 64 heavy (non-hydrogen) atoms. The van der Waals surface area contributed by atoms with Crippen molar-refractivity contribution < 1.29 is 0 Å². The summed E-state index contributed by atoms with van der Waals surface area (Å²) in [5.41, 5.74) is 18.1. The highest BCUT2D eigenvalue weighted by Gasteiger charge is 2.39.